The molecule has 5 atom stereocenters. The molecule has 1 saturated heterocycles. The maximum absolute atomic E-state index is 14.9. The van der Waals surface area contributed by atoms with Gasteiger partial charge in [0.2, 0.25) is 21.8 Å². The van der Waals surface area contributed by atoms with Gasteiger partial charge in [-0.1, -0.05) is 38.8 Å². The molecule has 2 saturated carbocycles. The monoisotopic (exact) mass is 940 g/mol. The van der Waals surface area contributed by atoms with Crippen LogP contribution in [0.3, 0.4) is 0 Å². The molecule has 2 aliphatic carbocycles. The number of sulfonamides is 1. The maximum atomic E-state index is 14.9. The minimum atomic E-state index is -5.00. The molecule has 65 heavy (non-hydrogen) atoms. The average Bonchev–Trinajstić information content (AvgIpc) is 4.02. The van der Waals surface area contributed by atoms with E-state index in [1.54, 1.807) is 38.3 Å². The van der Waals surface area contributed by atoms with Crippen molar-refractivity contribution in [2.45, 2.75) is 126 Å². The van der Waals surface area contributed by atoms with E-state index in [1.165, 1.54) is 16.2 Å². The van der Waals surface area contributed by atoms with Crippen LogP contribution in [0.4, 0.5) is 23.2 Å². The number of fused-ring (bicyclic) bond motifs is 3. The Kier molecular flexibility index (Phi) is 12.4. The molecular weight excluding hydrogens is 889 g/mol. The molecule has 8 rings (SSSR count). The number of halogens is 4. The number of anilines is 1. The zero-order valence-corrected chi connectivity index (χ0v) is 38.3. The number of nitrogens with one attached hydrogen (secondary N) is 3. The van der Waals surface area contributed by atoms with E-state index < -0.39 is 79.7 Å². The normalized spacial score (nSPS) is 25.2. The highest BCUT2D eigenvalue weighted by Crippen LogP contribution is 2.48. The molecule has 3 fully saturated rings. The lowest BCUT2D eigenvalue weighted by molar-refractivity contribution is -0.140. The zero-order chi connectivity index (χ0) is 46.6. The van der Waals surface area contributed by atoms with Crippen LogP contribution in [0, 0.1) is 18.7 Å². The molecule has 2 aromatic carbocycles. The Morgan fingerprint density at radius 2 is 1.83 bits per heavy atom. The molecule has 2 aliphatic heterocycles. The lowest BCUT2D eigenvalue weighted by Crippen LogP contribution is -2.58. The largest absolute Gasteiger partial charge is 0.496 e. The molecule has 0 bridgehead atoms. The molecule has 13 nitrogen and oxygen atoms in total. The Morgan fingerprint density at radius 3 is 2.52 bits per heavy atom. The minimum Gasteiger partial charge on any atom is -0.496 e. The highest BCUT2D eigenvalue weighted by atomic mass is 32.2. The van der Waals surface area contributed by atoms with Crippen molar-refractivity contribution < 1.29 is 49.8 Å². The fourth-order valence-electron chi connectivity index (χ4n) is 8.64. The van der Waals surface area contributed by atoms with Crippen LogP contribution in [0.15, 0.2) is 53.9 Å². The number of rotatable bonds is 10. The molecule has 4 aliphatic rings. The standard InChI is InChI=1S/C46H52F4N6O7S2/c1-25(2)35-24-64-41(53-35)34-21-38(30-14-16-37(62-5)26(3)39(30)52-34)63-29-20-36-40(57)54-45(43(59)55-65(60,61)44(4)17-18-44)22-27(45)11-9-7-6-8-10-12-33(42(58)56(36)23-29)51-28-13-15-32(47)31(19-28)46(48,49)50/h9,11,13-16,19,21,24-25,27,29,33,36,51H,6-8,10,12,17-18,20,22-23H2,1-5H3,(H,54,57)(H,55,59)/b11-9-/t27-,29+,33-,36-,45+/m0/s1. The van der Waals surface area contributed by atoms with Gasteiger partial charge in [-0.25, -0.2) is 22.8 Å². The van der Waals surface area contributed by atoms with Gasteiger partial charge < -0.3 is 25.0 Å². The summed E-state index contributed by atoms with van der Waals surface area (Å²) in [4.78, 5) is 54.8. The van der Waals surface area contributed by atoms with E-state index in [9.17, 15) is 40.4 Å². The summed E-state index contributed by atoms with van der Waals surface area (Å²) in [6, 6.07) is 5.35. The summed E-state index contributed by atoms with van der Waals surface area (Å²) in [5.41, 5.74) is -0.534. The first kappa shape index (κ1) is 46.2. The second-order valence-corrected chi connectivity index (χ2v) is 21.2. The molecule has 3 N–H and O–H groups in total. The van der Waals surface area contributed by atoms with Crippen LogP contribution in [0.2, 0.25) is 0 Å². The number of carbonyl (C=O) groups is 3. The summed E-state index contributed by atoms with van der Waals surface area (Å²) in [6.45, 7) is 7.34. The molecule has 4 heterocycles. The Labute approximate surface area is 378 Å². The van der Waals surface area contributed by atoms with Gasteiger partial charge in [-0.05, 0) is 88.6 Å². The summed E-state index contributed by atoms with van der Waals surface area (Å²) < 4.78 is 96.0. The smallest absolute Gasteiger partial charge is 0.419 e. The highest BCUT2D eigenvalue weighted by Gasteiger charge is 2.63. The Hall–Kier alpha value is -5.30. The van der Waals surface area contributed by atoms with Crippen molar-refractivity contribution >= 4 is 55.7 Å². The van der Waals surface area contributed by atoms with Gasteiger partial charge in [0, 0.05) is 40.4 Å². The quantitative estimate of drug-likeness (QED) is 0.104. The number of thiazole rings is 1. The zero-order valence-electron chi connectivity index (χ0n) is 36.7. The number of aromatic nitrogens is 2. The fourth-order valence-corrected chi connectivity index (χ4v) is 10.9. The first-order chi connectivity index (χ1) is 30.7. The summed E-state index contributed by atoms with van der Waals surface area (Å²) >= 11 is 1.43. The molecule has 0 radical (unpaired) electrons. The Morgan fingerprint density at radius 1 is 1.06 bits per heavy atom. The van der Waals surface area contributed by atoms with Crippen LogP contribution in [0.25, 0.3) is 21.6 Å². The van der Waals surface area contributed by atoms with Crippen LogP contribution >= 0.6 is 11.3 Å². The number of nitrogens with zero attached hydrogens (tertiary/aromatic N) is 3. The second-order valence-electron chi connectivity index (χ2n) is 18.1. The molecule has 0 unspecified atom stereocenters. The van der Waals surface area contributed by atoms with Gasteiger partial charge in [0.15, 0.2) is 0 Å². The van der Waals surface area contributed by atoms with Crippen molar-refractivity contribution in [3.8, 4) is 22.2 Å². The summed E-state index contributed by atoms with van der Waals surface area (Å²) in [7, 11) is -2.53. The lowest BCUT2D eigenvalue weighted by Gasteiger charge is -2.30. The number of alkyl halides is 3. The molecule has 348 valence electrons. The van der Waals surface area contributed by atoms with E-state index >= 15 is 0 Å². The van der Waals surface area contributed by atoms with E-state index in [0.717, 1.165) is 17.3 Å². The number of allylic oxidation sites excluding steroid dienone is 1. The first-order valence-corrected chi connectivity index (χ1v) is 24.2. The molecule has 4 aromatic rings. The van der Waals surface area contributed by atoms with Gasteiger partial charge in [-0.3, -0.25) is 19.1 Å². The fraction of sp³-hybridized carbons (Fsp3) is 0.500. The summed E-state index contributed by atoms with van der Waals surface area (Å²) in [5, 5.41) is 9.01. The summed E-state index contributed by atoms with van der Waals surface area (Å²) in [5.74, 6) is -3.08. The number of pyridine rings is 1. The third kappa shape index (κ3) is 9.27. The van der Waals surface area contributed by atoms with Gasteiger partial charge >= 0.3 is 6.18 Å². The number of carbonyl (C=O) groups excluding carboxylic acids is 3. The van der Waals surface area contributed by atoms with Crippen LogP contribution in [0.5, 0.6) is 11.5 Å². The Balaban J connectivity index is 1.17. The van der Waals surface area contributed by atoms with Crippen molar-refractivity contribution in [1.29, 1.82) is 0 Å². The first-order valence-electron chi connectivity index (χ1n) is 21.8. The van der Waals surface area contributed by atoms with Gasteiger partial charge in [0.05, 0.1) is 35.2 Å². The number of methoxy groups -OCH3 is 1. The number of hydrogen-bond donors (Lipinski definition) is 3. The van der Waals surface area contributed by atoms with E-state index in [-0.39, 0.29) is 37.4 Å². The van der Waals surface area contributed by atoms with Crippen molar-refractivity contribution in [2.75, 3.05) is 19.0 Å². The van der Waals surface area contributed by atoms with E-state index in [1.807, 2.05) is 32.2 Å². The number of hydrogen-bond acceptors (Lipinski definition) is 11. The van der Waals surface area contributed by atoms with Crippen molar-refractivity contribution in [3.63, 3.8) is 0 Å². The van der Waals surface area contributed by atoms with Crippen molar-refractivity contribution in [2.24, 2.45) is 5.92 Å². The van der Waals surface area contributed by atoms with Crippen molar-refractivity contribution in [3.05, 3.63) is 76.6 Å². The Bertz CT molecular complexity index is 2670. The third-order valence-corrected chi connectivity index (χ3v) is 16.1. The molecular formula is C46H52F4N6O7S2. The van der Waals surface area contributed by atoms with Gasteiger partial charge in [-0.15, -0.1) is 11.3 Å². The van der Waals surface area contributed by atoms with E-state index in [4.69, 9.17) is 19.4 Å². The number of benzene rings is 2. The molecule has 2 aromatic heterocycles. The van der Waals surface area contributed by atoms with Crippen LogP contribution in [0.1, 0.15) is 101 Å². The number of aryl methyl sites for hydroxylation is 1. The van der Waals surface area contributed by atoms with Gasteiger partial charge in [0.25, 0.3) is 5.91 Å². The van der Waals surface area contributed by atoms with Crippen molar-refractivity contribution in [1.82, 2.24) is 24.9 Å². The predicted molar refractivity (Wildman–Crippen MR) is 237 cm³/mol. The highest BCUT2D eigenvalue weighted by molar-refractivity contribution is 7.91. The van der Waals surface area contributed by atoms with Gasteiger partial charge in [-0.2, -0.15) is 13.2 Å². The molecule has 3 amide bonds. The minimum absolute atomic E-state index is 0.0727. The third-order valence-electron chi connectivity index (χ3n) is 13.1. The predicted octanol–water partition coefficient (Wildman–Crippen LogP) is 8.18. The maximum Gasteiger partial charge on any atom is 0.419 e. The molecule has 19 heteroatoms. The van der Waals surface area contributed by atoms with Crippen LogP contribution < -0.4 is 24.8 Å². The SMILES string of the molecule is COc1ccc2c(O[C@@H]3C[C@H]4C(=O)N[C@]5(C(=O)NS(=O)(=O)C6(C)CC6)C[C@@H]5/C=C\CCCCC[C@H](Nc5ccc(F)c(C(F)(F)F)c5)C(=O)N4C3)cc(-c3nc(C(C)C)cs3)nc2c1C. The van der Waals surface area contributed by atoms with E-state index in [0.29, 0.717) is 83.8 Å². The van der Waals surface area contributed by atoms with Crippen LogP contribution in [-0.4, -0.2) is 83.1 Å². The van der Waals surface area contributed by atoms with Crippen LogP contribution in [-0.2, 0) is 30.6 Å². The van der Waals surface area contributed by atoms with Gasteiger partial charge in [0.1, 0.15) is 51.7 Å². The van der Waals surface area contributed by atoms with E-state index in [2.05, 4.69) is 15.4 Å². The molecule has 0 spiro atoms. The summed E-state index contributed by atoms with van der Waals surface area (Å²) in [6.07, 6.45) is 1.19. The number of amides is 3. The topological polar surface area (TPSA) is 169 Å². The second kappa shape index (κ2) is 17.5. The number of ether oxygens (including phenoxy) is 2. The lowest BCUT2D eigenvalue weighted by atomic mass is 10.0. The average molecular weight is 941 g/mol.